The first-order valence-corrected chi connectivity index (χ1v) is 5.83. The highest BCUT2D eigenvalue weighted by molar-refractivity contribution is 6.31. The van der Waals surface area contributed by atoms with Crippen molar-refractivity contribution in [3.05, 3.63) is 41.4 Å². The topological polar surface area (TPSA) is 35.2 Å². The monoisotopic (exact) mass is 239 g/mol. The molecule has 88 valence electrons. The Labute approximate surface area is 102 Å². The molecule has 0 aliphatic carbocycles. The van der Waals surface area contributed by atoms with Crippen LogP contribution in [0.5, 0.6) is 5.75 Å². The zero-order valence-electron chi connectivity index (χ0n) is 9.58. The molecule has 1 aromatic rings. The molecule has 0 aliphatic heterocycles. The van der Waals surface area contributed by atoms with Crippen LogP contribution >= 0.6 is 11.6 Å². The first-order valence-electron chi connectivity index (χ1n) is 5.45. The van der Waals surface area contributed by atoms with Gasteiger partial charge >= 0.3 is 0 Å². The van der Waals surface area contributed by atoms with Crippen LogP contribution in [0, 0.1) is 0 Å². The third kappa shape index (κ3) is 3.54. The van der Waals surface area contributed by atoms with Gasteiger partial charge in [0.05, 0.1) is 0 Å². The van der Waals surface area contributed by atoms with Crippen molar-refractivity contribution in [1.82, 2.24) is 0 Å². The Bertz CT molecular complexity index is 352. The molecule has 0 amide bonds. The number of nitrogens with two attached hydrogens (primary N) is 1. The number of rotatable bonds is 6. The van der Waals surface area contributed by atoms with Gasteiger partial charge < -0.3 is 10.5 Å². The fourth-order valence-corrected chi connectivity index (χ4v) is 1.67. The number of hydrogen-bond donors (Lipinski definition) is 1. The van der Waals surface area contributed by atoms with E-state index in [2.05, 4.69) is 13.5 Å². The van der Waals surface area contributed by atoms with Crippen molar-refractivity contribution in [3.63, 3.8) is 0 Å². The minimum atomic E-state index is 0.117. The summed E-state index contributed by atoms with van der Waals surface area (Å²) in [7, 11) is 0. The molecule has 0 radical (unpaired) electrons. The highest BCUT2D eigenvalue weighted by atomic mass is 35.5. The number of halogens is 1. The van der Waals surface area contributed by atoms with Gasteiger partial charge in [-0.2, -0.15) is 0 Å². The SMILES string of the molecule is C=CCOc1cccc(Cl)c1CC(N)CC. The van der Waals surface area contributed by atoms with E-state index >= 15 is 0 Å². The second-order valence-electron chi connectivity index (χ2n) is 3.69. The van der Waals surface area contributed by atoms with E-state index in [4.69, 9.17) is 22.1 Å². The Morgan fingerprint density at radius 1 is 1.56 bits per heavy atom. The van der Waals surface area contributed by atoms with Crippen molar-refractivity contribution >= 4 is 11.6 Å². The maximum Gasteiger partial charge on any atom is 0.124 e. The highest BCUT2D eigenvalue weighted by Crippen LogP contribution is 2.27. The summed E-state index contributed by atoms with van der Waals surface area (Å²) in [6.07, 6.45) is 3.37. The van der Waals surface area contributed by atoms with Crippen LogP contribution in [0.25, 0.3) is 0 Å². The lowest BCUT2D eigenvalue weighted by Gasteiger charge is -2.15. The average molecular weight is 240 g/mol. The Morgan fingerprint density at radius 2 is 2.31 bits per heavy atom. The molecule has 0 heterocycles. The predicted molar refractivity (Wildman–Crippen MR) is 69.1 cm³/mol. The summed E-state index contributed by atoms with van der Waals surface area (Å²) in [5.41, 5.74) is 6.92. The Hall–Kier alpha value is -0.990. The minimum absolute atomic E-state index is 0.117. The smallest absolute Gasteiger partial charge is 0.124 e. The number of hydrogen-bond acceptors (Lipinski definition) is 2. The Morgan fingerprint density at radius 3 is 2.94 bits per heavy atom. The van der Waals surface area contributed by atoms with E-state index in [-0.39, 0.29) is 6.04 Å². The molecule has 1 unspecified atom stereocenters. The summed E-state index contributed by atoms with van der Waals surface area (Å²) in [5.74, 6) is 0.802. The first kappa shape index (κ1) is 13.1. The van der Waals surface area contributed by atoms with Crippen molar-refractivity contribution in [2.45, 2.75) is 25.8 Å². The molecule has 0 aliphatic rings. The van der Waals surface area contributed by atoms with Gasteiger partial charge in [0.25, 0.3) is 0 Å². The van der Waals surface area contributed by atoms with Gasteiger partial charge in [0, 0.05) is 16.6 Å². The van der Waals surface area contributed by atoms with Gasteiger partial charge in [0.15, 0.2) is 0 Å². The van der Waals surface area contributed by atoms with Crippen LogP contribution in [0.1, 0.15) is 18.9 Å². The molecule has 1 aromatic carbocycles. The lowest BCUT2D eigenvalue weighted by molar-refractivity contribution is 0.358. The van der Waals surface area contributed by atoms with E-state index in [1.807, 2.05) is 18.2 Å². The van der Waals surface area contributed by atoms with Crippen molar-refractivity contribution in [1.29, 1.82) is 0 Å². The number of ether oxygens (including phenoxy) is 1. The average Bonchev–Trinajstić information content (AvgIpc) is 2.29. The highest BCUT2D eigenvalue weighted by Gasteiger charge is 2.11. The largest absolute Gasteiger partial charge is 0.489 e. The second-order valence-corrected chi connectivity index (χ2v) is 4.10. The molecular formula is C13H18ClNO. The molecule has 3 heteroatoms. The van der Waals surface area contributed by atoms with E-state index in [9.17, 15) is 0 Å². The molecular weight excluding hydrogens is 222 g/mol. The fourth-order valence-electron chi connectivity index (χ4n) is 1.43. The van der Waals surface area contributed by atoms with Crippen molar-refractivity contribution in [2.75, 3.05) is 6.61 Å². The van der Waals surface area contributed by atoms with E-state index in [0.717, 1.165) is 24.2 Å². The van der Waals surface area contributed by atoms with Crippen LogP contribution in [-0.4, -0.2) is 12.6 Å². The normalized spacial score (nSPS) is 12.2. The van der Waals surface area contributed by atoms with Gasteiger partial charge in [-0.25, -0.2) is 0 Å². The van der Waals surface area contributed by atoms with Crippen LogP contribution < -0.4 is 10.5 Å². The summed E-state index contributed by atoms with van der Waals surface area (Å²) < 4.78 is 5.55. The molecule has 2 nitrogen and oxygen atoms in total. The summed E-state index contributed by atoms with van der Waals surface area (Å²) in [6.45, 7) is 6.16. The summed E-state index contributed by atoms with van der Waals surface area (Å²) in [5, 5.41) is 0.713. The van der Waals surface area contributed by atoms with Gasteiger partial charge in [-0.1, -0.05) is 37.2 Å². The summed E-state index contributed by atoms with van der Waals surface area (Å²) in [6, 6.07) is 5.76. The molecule has 2 N–H and O–H groups in total. The van der Waals surface area contributed by atoms with E-state index < -0.39 is 0 Å². The number of benzene rings is 1. The minimum Gasteiger partial charge on any atom is -0.489 e. The molecule has 16 heavy (non-hydrogen) atoms. The second kappa shape index (κ2) is 6.56. The summed E-state index contributed by atoms with van der Waals surface area (Å²) >= 11 is 6.15. The first-order chi connectivity index (χ1) is 7.69. The zero-order valence-corrected chi connectivity index (χ0v) is 10.3. The maximum absolute atomic E-state index is 6.15. The molecule has 0 bridgehead atoms. The molecule has 1 atom stereocenters. The lowest BCUT2D eigenvalue weighted by Crippen LogP contribution is -2.22. The third-order valence-electron chi connectivity index (χ3n) is 2.42. The van der Waals surface area contributed by atoms with E-state index in [1.165, 1.54) is 0 Å². The van der Waals surface area contributed by atoms with Crippen LogP contribution in [-0.2, 0) is 6.42 Å². The van der Waals surface area contributed by atoms with Crippen LogP contribution in [0.2, 0.25) is 5.02 Å². The Kier molecular flexibility index (Phi) is 5.36. The van der Waals surface area contributed by atoms with Gasteiger partial charge in [-0.3, -0.25) is 0 Å². The molecule has 0 aromatic heterocycles. The van der Waals surface area contributed by atoms with Crippen LogP contribution in [0.15, 0.2) is 30.9 Å². The van der Waals surface area contributed by atoms with Gasteiger partial charge in [0.1, 0.15) is 12.4 Å². The standard InChI is InChI=1S/C13H18ClNO/c1-3-8-16-13-7-5-6-12(14)11(13)9-10(15)4-2/h3,5-7,10H,1,4,8-9,15H2,2H3. The van der Waals surface area contributed by atoms with Gasteiger partial charge in [0.2, 0.25) is 0 Å². The van der Waals surface area contributed by atoms with E-state index in [1.54, 1.807) is 6.08 Å². The van der Waals surface area contributed by atoms with Crippen LogP contribution in [0.4, 0.5) is 0 Å². The van der Waals surface area contributed by atoms with Gasteiger partial charge in [-0.05, 0) is 25.0 Å². The molecule has 0 fully saturated rings. The summed E-state index contributed by atoms with van der Waals surface area (Å²) in [4.78, 5) is 0. The van der Waals surface area contributed by atoms with Crippen LogP contribution in [0.3, 0.4) is 0 Å². The quantitative estimate of drug-likeness (QED) is 0.774. The zero-order chi connectivity index (χ0) is 12.0. The molecule has 1 rings (SSSR count). The molecule has 0 saturated carbocycles. The molecule has 0 saturated heterocycles. The predicted octanol–water partition coefficient (Wildman–Crippen LogP) is 3.18. The third-order valence-corrected chi connectivity index (χ3v) is 2.78. The van der Waals surface area contributed by atoms with Gasteiger partial charge in [-0.15, -0.1) is 0 Å². The van der Waals surface area contributed by atoms with Crippen molar-refractivity contribution in [3.8, 4) is 5.75 Å². The fraction of sp³-hybridized carbons (Fsp3) is 0.385. The molecule has 0 spiro atoms. The lowest BCUT2D eigenvalue weighted by atomic mass is 10.0. The van der Waals surface area contributed by atoms with Crippen molar-refractivity contribution < 1.29 is 4.74 Å². The Balaban J connectivity index is 2.89. The van der Waals surface area contributed by atoms with Crippen molar-refractivity contribution in [2.24, 2.45) is 5.73 Å². The van der Waals surface area contributed by atoms with E-state index in [0.29, 0.717) is 11.6 Å². The maximum atomic E-state index is 6.15.